The number of urea groups is 1. The third-order valence-corrected chi connectivity index (χ3v) is 10.6. The highest BCUT2D eigenvalue weighted by atomic mass is 16.4. The second-order valence-electron chi connectivity index (χ2n) is 16.4. The van der Waals surface area contributed by atoms with Gasteiger partial charge in [-0.25, -0.2) is 14.4 Å². The molecule has 25 nitrogen and oxygen atoms in total. The quantitative estimate of drug-likeness (QED) is 0.0355. The zero-order valence-corrected chi connectivity index (χ0v) is 39.0. The van der Waals surface area contributed by atoms with E-state index in [4.69, 9.17) is 15.3 Å². The Morgan fingerprint density at radius 1 is 0.486 bits per heavy atom. The predicted octanol–water partition coefficient (Wildman–Crippen LogP) is -1.06. The lowest BCUT2D eigenvalue weighted by Gasteiger charge is -2.26. The number of nitrogens with zero attached hydrogens (tertiary/aromatic N) is 2. The molecule has 2 aromatic rings. The second-order valence-corrected chi connectivity index (χ2v) is 16.4. The minimum absolute atomic E-state index is 0.0654. The molecule has 388 valence electrons. The van der Waals surface area contributed by atoms with E-state index < -0.39 is 78.7 Å². The average molecular weight is 990 g/mol. The summed E-state index contributed by atoms with van der Waals surface area (Å²) < 4.78 is 0. The summed E-state index contributed by atoms with van der Waals surface area (Å²) in [5, 5.41) is 74.9. The molecule has 0 bridgehead atoms. The third-order valence-electron chi connectivity index (χ3n) is 10.6. The summed E-state index contributed by atoms with van der Waals surface area (Å²) in [5.74, 6) is -8.52. The van der Waals surface area contributed by atoms with Gasteiger partial charge < -0.3 is 67.9 Å². The van der Waals surface area contributed by atoms with Gasteiger partial charge in [-0.3, -0.25) is 43.4 Å². The lowest BCUT2D eigenvalue weighted by atomic mass is 10.0. The first-order valence-corrected chi connectivity index (χ1v) is 22.9. The lowest BCUT2D eigenvalue weighted by Crippen LogP contribution is -2.51. The standard InChI is InChI=1S/C45H67N9O16/c55-36(11-2-1-6-16-48-37(56)28-53(20-18-46-26-39(59)60)22-23-54(29-41(63)64)21-19-47-27-40(61)62)50-35(25-30-12-13-31-8-3-4-9-32(31)24-30)42(65)49-17-7-5-10-33(43(66)67)51-45(70)52-34(44(68)69)14-15-38(57)58/h3-4,8-9,12-13,24,33-35,46-47H,1-2,5-7,10-11,14-23,25-29H2,(H,48,56)(H,49,65)(H,50,55)(H,57,58)(H,59,60)(H,61,62)(H,63,64)(H,66,67)(H,68,69)(H2,51,52,70)/t33-,34-,35?/m0/s1. The van der Waals surface area contributed by atoms with Gasteiger partial charge in [0, 0.05) is 71.6 Å². The van der Waals surface area contributed by atoms with Crippen LogP contribution in [0.5, 0.6) is 0 Å². The third kappa shape index (κ3) is 27.1. The molecule has 0 spiro atoms. The van der Waals surface area contributed by atoms with E-state index in [9.17, 15) is 63.3 Å². The Balaban J connectivity index is 1.91. The Kier molecular flexibility index (Phi) is 28.3. The predicted molar refractivity (Wildman–Crippen MR) is 251 cm³/mol. The van der Waals surface area contributed by atoms with E-state index in [0.717, 1.165) is 16.3 Å². The van der Waals surface area contributed by atoms with Crippen LogP contribution in [0.3, 0.4) is 0 Å². The maximum atomic E-state index is 13.5. The number of carboxylic acids is 6. The van der Waals surface area contributed by atoms with E-state index in [1.165, 1.54) is 0 Å². The topological polar surface area (TPSA) is 383 Å². The molecule has 0 aliphatic rings. The van der Waals surface area contributed by atoms with Crippen LogP contribution in [-0.4, -0.2) is 197 Å². The number of nitrogens with one attached hydrogen (secondary N) is 7. The Morgan fingerprint density at radius 3 is 1.64 bits per heavy atom. The van der Waals surface area contributed by atoms with Crippen molar-refractivity contribution in [1.29, 1.82) is 0 Å². The summed E-state index contributed by atoms with van der Waals surface area (Å²) in [7, 11) is 0. The van der Waals surface area contributed by atoms with E-state index in [1.807, 2.05) is 42.5 Å². The minimum atomic E-state index is -1.55. The Labute approximate surface area is 404 Å². The number of carboxylic acid groups (broad SMARTS) is 6. The molecule has 0 saturated heterocycles. The van der Waals surface area contributed by atoms with Crippen LogP contribution in [0.4, 0.5) is 4.79 Å². The molecule has 70 heavy (non-hydrogen) atoms. The molecular formula is C45H67N9O16. The number of hydrogen-bond acceptors (Lipinski definition) is 14. The van der Waals surface area contributed by atoms with Crippen molar-refractivity contribution in [3.63, 3.8) is 0 Å². The summed E-state index contributed by atoms with van der Waals surface area (Å²) in [5.41, 5.74) is 0.787. The first-order valence-electron chi connectivity index (χ1n) is 22.9. The molecule has 2 aromatic carbocycles. The van der Waals surface area contributed by atoms with Crippen LogP contribution in [0.2, 0.25) is 0 Å². The largest absolute Gasteiger partial charge is 0.481 e. The number of benzene rings is 2. The first kappa shape index (κ1) is 59.2. The number of unbranched alkanes of at least 4 members (excludes halogenated alkanes) is 3. The second kappa shape index (κ2) is 33.5. The van der Waals surface area contributed by atoms with Crippen LogP contribution in [0.1, 0.15) is 63.4 Å². The van der Waals surface area contributed by atoms with Crippen molar-refractivity contribution in [1.82, 2.24) is 47.0 Å². The summed E-state index contributed by atoms with van der Waals surface area (Å²) in [4.78, 5) is 123. The number of aliphatic carboxylic acids is 6. The summed E-state index contributed by atoms with van der Waals surface area (Å²) in [6.07, 6.45) is 1.22. The van der Waals surface area contributed by atoms with Gasteiger partial charge in [0.2, 0.25) is 17.7 Å². The molecule has 0 heterocycles. The number of hydrogen-bond donors (Lipinski definition) is 13. The maximum Gasteiger partial charge on any atom is 0.326 e. The molecule has 0 aliphatic carbocycles. The highest BCUT2D eigenvalue weighted by Crippen LogP contribution is 2.17. The molecule has 5 amide bonds. The van der Waals surface area contributed by atoms with Crippen molar-refractivity contribution in [2.24, 2.45) is 0 Å². The number of amides is 5. The zero-order chi connectivity index (χ0) is 51.8. The molecule has 0 saturated carbocycles. The van der Waals surface area contributed by atoms with E-state index in [2.05, 4.69) is 37.2 Å². The normalized spacial score (nSPS) is 12.4. The van der Waals surface area contributed by atoms with Gasteiger partial charge in [-0.2, -0.15) is 0 Å². The van der Waals surface area contributed by atoms with Gasteiger partial charge in [-0.1, -0.05) is 48.9 Å². The fourth-order valence-electron chi connectivity index (χ4n) is 6.98. The Bertz CT molecular complexity index is 2060. The van der Waals surface area contributed by atoms with Crippen molar-refractivity contribution in [2.45, 2.75) is 82.3 Å². The van der Waals surface area contributed by atoms with E-state index in [-0.39, 0.29) is 122 Å². The van der Waals surface area contributed by atoms with Gasteiger partial charge in [-0.15, -0.1) is 0 Å². The molecule has 0 radical (unpaired) electrons. The average Bonchev–Trinajstić information content (AvgIpc) is 3.29. The van der Waals surface area contributed by atoms with Gasteiger partial charge >= 0.3 is 41.8 Å². The van der Waals surface area contributed by atoms with E-state index in [0.29, 0.717) is 19.3 Å². The van der Waals surface area contributed by atoms with Crippen LogP contribution in [0.25, 0.3) is 10.8 Å². The number of rotatable bonds is 39. The van der Waals surface area contributed by atoms with Gasteiger partial charge in [0.15, 0.2) is 0 Å². The molecule has 1 unspecified atom stereocenters. The van der Waals surface area contributed by atoms with Crippen molar-refractivity contribution in [3.05, 3.63) is 48.0 Å². The van der Waals surface area contributed by atoms with Gasteiger partial charge in [0.05, 0.1) is 26.2 Å². The number of fused-ring (bicyclic) bond motifs is 1. The van der Waals surface area contributed by atoms with Crippen LogP contribution in [0.15, 0.2) is 42.5 Å². The van der Waals surface area contributed by atoms with Crippen LogP contribution >= 0.6 is 0 Å². The molecule has 2 rings (SSSR count). The molecule has 0 fully saturated rings. The van der Waals surface area contributed by atoms with Gasteiger partial charge in [0.1, 0.15) is 18.1 Å². The first-order chi connectivity index (χ1) is 33.3. The number of carbonyl (C=O) groups excluding carboxylic acids is 4. The highest BCUT2D eigenvalue weighted by molar-refractivity contribution is 5.89. The van der Waals surface area contributed by atoms with Crippen molar-refractivity contribution in [3.8, 4) is 0 Å². The van der Waals surface area contributed by atoms with Crippen molar-refractivity contribution in [2.75, 3.05) is 78.5 Å². The van der Waals surface area contributed by atoms with Crippen molar-refractivity contribution >= 4 is 70.3 Å². The summed E-state index contributed by atoms with van der Waals surface area (Å²) in [6, 6.07) is 8.30. The lowest BCUT2D eigenvalue weighted by molar-refractivity contribution is -0.141. The summed E-state index contributed by atoms with van der Waals surface area (Å²) in [6.45, 7) is 0.894. The van der Waals surface area contributed by atoms with Crippen LogP contribution in [-0.2, 0) is 49.6 Å². The molecule has 25 heteroatoms. The maximum absolute atomic E-state index is 13.5. The molecule has 0 aromatic heterocycles. The monoisotopic (exact) mass is 989 g/mol. The SMILES string of the molecule is O=C(O)CC[C@H](NC(=O)N[C@@H](CCCCNC(=O)C(Cc1ccc2ccccc2c1)NC(=O)CCCCCNC(=O)CN(CCNCC(=O)O)CCN(CCNCC(=O)O)CC(=O)O)C(=O)O)C(=O)O. The summed E-state index contributed by atoms with van der Waals surface area (Å²) >= 11 is 0. The number of carbonyl (C=O) groups is 10. The van der Waals surface area contributed by atoms with Gasteiger partial charge in [-0.05, 0) is 54.9 Å². The van der Waals surface area contributed by atoms with E-state index >= 15 is 0 Å². The molecule has 13 N–H and O–H groups in total. The highest BCUT2D eigenvalue weighted by Gasteiger charge is 2.26. The fourth-order valence-corrected chi connectivity index (χ4v) is 6.98. The minimum Gasteiger partial charge on any atom is -0.481 e. The molecule has 0 aliphatic heterocycles. The van der Waals surface area contributed by atoms with E-state index in [1.54, 1.807) is 9.80 Å². The van der Waals surface area contributed by atoms with Crippen LogP contribution < -0.4 is 37.2 Å². The van der Waals surface area contributed by atoms with Crippen LogP contribution in [0, 0.1) is 0 Å². The molecular weight excluding hydrogens is 923 g/mol. The Hall–Kier alpha value is -6.96. The fraction of sp³-hybridized carbons (Fsp3) is 0.556. The molecule has 3 atom stereocenters. The Morgan fingerprint density at radius 2 is 1.06 bits per heavy atom. The van der Waals surface area contributed by atoms with Crippen molar-refractivity contribution < 1.29 is 78.6 Å². The van der Waals surface area contributed by atoms with Gasteiger partial charge in [0.25, 0.3) is 0 Å². The zero-order valence-electron chi connectivity index (χ0n) is 39.0. The smallest absolute Gasteiger partial charge is 0.326 e.